The minimum atomic E-state index is 0.214. The summed E-state index contributed by atoms with van der Waals surface area (Å²) in [6.45, 7) is 3.30. The number of methoxy groups -OCH3 is 1. The number of benzene rings is 1. The van der Waals surface area contributed by atoms with Crippen LogP contribution in [0.25, 0.3) is 0 Å². The normalized spacial score (nSPS) is 19.8. The minimum Gasteiger partial charge on any atom is -0.384 e. The molecule has 1 aliphatic heterocycles. The molecule has 1 heterocycles. The molecule has 104 valence electrons. The third kappa shape index (κ3) is 4.06. The SMILES string of the molecule is COCC1CCN(CC(=O)c2ccc(SC)cc2)C1. The van der Waals surface area contributed by atoms with E-state index in [1.165, 1.54) is 4.90 Å². The number of hydrogen-bond acceptors (Lipinski definition) is 4. The van der Waals surface area contributed by atoms with Crippen molar-refractivity contribution in [2.24, 2.45) is 5.92 Å². The number of carbonyl (C=O) groups excluding carboxylic acids is 1. The van der Waals surface area contributed by atoms with E-state index in [1.807, 2.05) is 30.5 Å². The molecule has 0 saturated carbocycles. The van der Waals surface area contributed by atoms with Gasteiger partial charge in [-0.1, -0.05) is 12.1 Å². The van der Waals surface area contributed by atoms with E-state index < -0.39 is 0 Å². The number of ether oxygens (including phenoxy) is 1. The van der Waals surface area contributed by atoms with Gasteiger partial charge in [-0.15, -0.1) is 11.8 Å². The first-order chi connectivity index (χ1) is 9.22. The Bertz CT molecular complexity index is 419. The highest BCUT2D eigenvalue weighted by Crippen LogP contribution is 2.18. The quantitative estimate of drug-likeness (QED) is 0.591. The van der Waals surface area contributed by atoms with Crippen LogP contribution >= 0.6 is 11.8 Å². The first-order valence-electron chi connectivity index (χ1n) is 6.61. The molecule has 4 heteroatoms. The summed E-state index contributed by atoms with van der Waals surface area (Å²) >= 11 is 1.69. The number of likely N-dealkylation sites (tertiary alicyclic amines) is 1. The summed E-state index contributed by atoms with van der Waals surface area (Å²) in [7, 11) is 1.74. The Hall–Kier alpha value is -0.840. The lowest BCUT2D eigenvalue weighted by Gasteiger charge is -2.15. The summed E-state index contributed by atoms with van der Waals surface area (Å²) < 4.78 is 5.18. The van der Waals surface area contributed by atoms with Gasteiger partial charge in [0.05, 0.1) is 13.2 Å². The Morgan fingerprint density at radius 3 is 2.79 bits per heavy atom. The van der Waals surface area contributed by atoms with Gasteiger partial charge in [0.2, 0.25) is 0 Å². The van der Waals surface area contributed by atoms with Crippen molar-refractivity contribution in [1.82, 2.24) is 4.90 Å². The van der Waals surface area contributed by atoms with Crippen molar-refractivity contribution < 1.29 is 9.53 Å². The van der Waals surface area contributed by atoms with Gasteiger partial charge in [0.1, 0.15) is 0 Å². The molecule has 0 bridgehead atoms. The lowest BCUT2D eigenvalue weighted by molar-refractivity contribution is 0.0937. The van der Waals surface area contributed by atoms with E-state index >= 15 is 0 Å². The zero-order valence-corrected chi connectivity index (χ0v) is 12.4. The van der Waals surface area contributed by atoms with Crippen LogP contribution in [0.5, 0.6) is 0 Å². The van der Waals surface area contributed by atoms with Crippen LogP contribution in [0.2, 0.25) is 0 Å². The molecular weight excluding hydrogens is 258 g/mol. The summed E-state index contributed by atoms with van der Waals surface area (Å²) in [4.78, 5) is 15.6. The molecule has 1 aliphatic rings. The van der Waals surface area contributed by atoms with E-state index in [9.17, 15) is 4.79 Å². The van der Waals surface area contributed by atoms with Crippen molar-refractivity contribution in [3.8, 4) is 0 Å². The molecule has 0 amide bonds. The zero-order chi connectivity index (χ0) is 13.7. The van der Waals surface area contributed by atoms with Crippen molar-refractivity contribution in [3.05, 3.63) is 29.8 Å². The van der Waals surface area contributed by atoms with E-state index in [0.717, 1.165) is 31.7 Å². The maximum absolute atomic E-state index is 12.2. The molecule has 1 atom stereocenters. The first-order valence-corrected chi connectivity index (χ1v) is 7.84. The number of Topliss-reactive ketones (excluding diaryl/α,β-unsaturated/α-hetero) is 1. The fourth-order valence-corrected chi connectivity index (χ4v) is 2.91. The fourth-order valence-electron chi connectivity index (χ4n) is 2.50. The molecule has 0 aliphatic carbocycles. The number of thioether (sulfide) groups is 1. The molecule has 0 radical (unpaired) electrons. The number of rotatable bonds is 6. The summed E-state index contributed by atoms with van der Waals surface area (Å²) in [6.07, 6.45) is 3.17. The first kappa shape index (κ1) is 14.6. The van der Waals surface area contributed by atoms with Gasteiger partial charge in [0, 0.05) is 24.1 Å². The predicted octanol–water partition coefficient (Wildman–Crippen LogP) is 2.56. The van der Waals surface area contributed by atoms with E-state index in [0.29, 0.717) is 12.5 Å². The molecule has 19 heavy (non-hydrogen) atoms. The Morgan fingerprint density at radius 1 is 1.42 bits per heavy atom. The van der Waals surface area contributed by atoms with E-state index in [4.69, 9.17) is 4.74 Å². The van der Waals surface area contributed by atoms with Crippen LogP contribution in [0, 0.1) is 5.92 Å². The second-order valence-electron chi connectivity index (χ2n) is 5.00. The minimum absolute atomic E-state index is 0.214. The molecule has 0 N–H and O–H groups in total. The number of carbonyl (C=O) groups is 1. The van der Waals surface area contributed by atoms with E-state index in [2.05, 4.69) is 4.90 Å². The molecular formula is C15H21NO2S. The second kappa shape index (κ2) is 7.08. The number of nitrogens with zero attached hydrogens (tertiary/aromatic N) is 1. The maximum atomic E-state index is 12.2. The second-order valence-corrected chi connectivity index (χ2v) is 5.88. The van der Waals surface area contributed by atoms with E-state index in [1.54, 1.807) is 18.9 Å². The Balaban J connectivity index is 1.87. The van der Waals surface area contributed by atoms with Crippen LogP contribution in [0.3, 0.4) is 0 Å². The fraction of sp³-hybridized carbons (Fsp3) is 0.533. The van der Waals surface area contributed by atoms with Gasteiger partial charge < -0.3 is 4.74 Å². The standard InChI is InChI=1S/C15H21NO2S/c1-18-11-12-7-8-16(9-12)10-15(17)13-3-5-14(19-2)6-4-13/h3-6,12H,7-11H2,1-2H3. The number of hydrogen-bond donors (Lipinski definition) is 0. The highest BCUT2D eigenvalue weighted by Gasteiger charge is 2.24. The third-order valence-corrected chi connectivity index (χ3v) is 4.30. The van der Waals surface area contributed by atoms with Crippen molar-refractivity contribution in [2.45, 2.75) is 11.3 Å². The molecule has 1 unspecified atom stereocenters. The average molecular weight is 279 g/mol. The van der Waals surface area contributed by atoms with Gasteiger partial charge in [-0.3, -0.25) is 9.69 Å². The monoisotopic (exact) mass is 279 g/mol. The Morgan fingerprint density at radius 2 is 2.16 bits per heavy atom. The zero-order valence-electron chi connectivity index (χ0n) is 11.6. The summed E-state index contributed by atoms with van der Waals surface area (Å²) in [5.74, 6) is 0.794. The van der Waals surface area contributed by atoms with Gasteiger partial charge in [0.15, 0.2) is 5.78 Å². The molecule has 2 rings (SSSR count). The van der Waals surface area contributed by atoms with Crippen LogP contribution in [-0.4, -0.2) is 50.3 Å². The Kier molecular flexibility index (Phi) is 5.43. The van der Waals surface area contributed by atoms with Gasteiger partial charge >= 0.3 is 0 Å². The summed E-state index contributed by atoms with van der Waals surface area (Å²) in [6, 6.07) is 7.87. The van der Waals surface area contributed by atoms with Crippen LogP contribution in [0.15, 0.2) is 29.2 Å². The average Bonchev–Trinajstić information content (AvgIpc) is 2.86. The van der Waals surface area contributed by atoms with Crippen LogP contribution in [-0.2, 0) is 4.74 Å². The molecule has 1 saturated heterocycles. The van der Waals surface area contributed by atoms with Gasteiger partial charge in [0.25, 0.3) is 0 Å². The summed E-state index contributed by atoms with van der Waals surface area (Å²) in [5, 5.41) is 0. The van der Waals surface area contributed by atoms with Crippen molar-refractivity contribution in [2.75, 3.05) is 39.6 Å². The maximum Gasteiger partial charge on any atom is 0.176 e. The van der Waals surface area contributed by atoms with Gasteiger partial charge in [-0.25, -0.2) is 0 Å². The molecule has 3 nitrogen and oxygen atoms in total. The molecule has 1 aromatic carbocycles. The lowest BCUT2D eigenvalue weighted by Crippen LogP contribution is -2.28. The lowest BCUT2D eigenvalue weighted by atomic mass is 10.1. The molecule has 0 spiro atoms. The highest BCUT2D eigenvalue weighted by atomic mass is 32.2. The van der Waals surface area contributed by atoms with Crippen molar-refractivity contribution in [3.63, 3.8) is 0 Å². The van der Waals surface area contributed by atoms with Crippen LogP contribution in [0.1, 0.15) is 16.8 Å². The van der Waals surface area contributed by atoms with Gasteiger partial charge in [-0.05, 0) is 37.3 Å². The van der Waals surface area contributed by atoms with Crippen molar-refractivity contribution >= 4 is 17.5 Å². The van der Waals surface area contributed by atoms with Crippen LogP contribution in [0.4, 0.5) is 0 Å². The third-order valence-electron chi connectivity index (χ3n) is 3.55. The molecule has 0 aromatic heterocycles. The largest absolute Gasteiger partial charge is 0.384 e. The van der Waals surface area contributed by atoms with E-state index in [-0.39, 0.29) is 5.78 Å². The van der Waals surface area contributed by atoms with Crippen LogP contribution < -0.4 is 0 Å². The topological polar surface area (TPSA) is 29.5 Å². The smallest absolute Gasteiger partial charge is 0.176 e. The molecule has 1 fully saturated rings. The summed E-state index contributed by atoms with van der Waals surface area (Å²) in [5.41, 5.74) is 0.813. The Labute approximate surface area is 119 Å². The predicted molar refractivity (Wildman–Crippen MR) is 79.0 cm³/mol. The van der Waals surface area contributed by atoms with Gasteiger partial charge in [-0.2, -0.15) is 0 Å². The highest BCUT2D eigenvalue weighted by molar-refractivity contribution is 7.98. The number of ketones is 1. The van der Waals surface area contributed by atoms with Crippen molar-refractivity contribution in [1.29, 1.82) is 0 Å². The molecule has 1 aromatic rings.